The average Bonchev–Trinajstić information content (AvgIpc) is 2.53. The molecular weight excluding hydrogens is 252 g/mol. The molecule has 2 rings (SSSR count). The van der Waals surface area contributed by atoms with Crippen LogP contribution in [0.2, 0.25) is 0 Å². The van der Waals surface area contributed by atoms with E-state index in [4.69, 9.17) is 0 Å². The van der Waals surface area contributed by atoms with Crippen LogP contribution >= 0.6 is 0 Å². The van der Waals surface area contributed by atoms with E-state index in [1.165, 1.54) is 0 Å². The minimum absolute atomic E-state index is 0.202. The maximum atomic E-state index is 12.4. The Kier molecular flexibility index (Phi) is 4.82. The number of ketones is 1. The van der Waals surface area contributed by atoms with Gasteiger partial charge in [-0.15, -0.1) is 0 Å². The summed E-state index contributed by atoms with van der Waals surface area (Å²) in [6.07, 6.45) is 1.66. The minimum Gasteiger partial charge on any atom is -0.392 e. The smallest absolute Gasteiger partial charge is 0.191 e. The lowest BCUT2D eigenvalue weighted by molar-refractivity contribution is 0.101. The van der Waals surface area contributed by atoms with Crippen molar-refractivity contribution in [2.45, 2.75) is 6.61 Å². The summed E-state index contributed by atoms with van der Waals surface area (Å²) in [7, 11) is 0. The molecule has 0 heterocycles. The first kappa shape index (κ1) is 14.2. The Labute approximate surface area is 117 Å². The lowest BCUT2D eigenvalue weighted by atomic mass is 9.97. The van der Waals surface area contributed by atoms with Crippen LogP contribution in [-0.2, 0) is 6.61 Å². The Morgan fingerprint density at radius 3 is 2.25 bits per heavy atom. The monoisotopic (exact) mass is 268 g/mol. The Bertz CT molecular complexity index is 615. The molecule has 0 aliphatic heterocycles. The minimum atomic E-state index is -0.340. The van der Waals surface area contributed by atoms with Crippen molar-refractivity contribution in [3.8, 4) is 0 Å². The van der Waals surface area contributed by atoms with Crippen LogP contribution < -0.4 is 0 Å². The maximum Gasteiger partial charge on any atom is 0.191 e. The van der Waals surface area contributed by atoms with Crippen LogP contribution in [0.4, 0.5) is 0 Å². The SMILES string of the molecule is O=C(C(=Cc1ccccc1)CO)c1ccccc1CO. The zero-order valence-corrected chi connectivity index (χ0v) is 11.0. The van der Waals surface area contributed by atoms with Crippen molar-refractivity contribution in [2.24, 2.45) is 0 Å². The number of aliphatic hydroxyl groups excluding tert-OH is 2. The fourth-order valence-corrected chi connectivity index (χ4v) is 1.99. The largest absolute Gasteiger partial charge is 0.392 e. The van der Waals surface area contributed by atoms with Crippen LogP contribution in [0.5, 0.6) is 0 Å². The second-order valence-corrected chi connectivity index (χ2v) is 4.38. The molecule has 0 radical (unpaired) electrons. The summed E-state index contributed by atoms with van der Waals surface area (Å²) in [5.41, 5.74) is 2.14. The van der Waals surface area contributed by atoms with Crippen molar-refractivity contribution in [3.05, 3.63) is 76.9 Å². The van der Waals surface area contributed by atoms with Crippen LogP contribution in [0.3, 0.4) is 0 Å². The van der Waals surface area contributed by atoms with Gasteiger partial charge in [0.15, 0.2) is 5.78 Å². The van der Waals surface area contributed by atoms with Crippen molar-refractivity contribution in [2.75, 3.05) is 6.61 Å². The number of hydrogen-bond donors (Lipinski definition) is 2. The van der Waals surface area contributed by atoms with Crippen molar-refractivity contribution in [3.63, 3.8) is 0 Å². The number of aliphatic hydroxyl groups is 2. The predicted octanol–water partition coefficient (Wildman–Crippen LogP) is 2.44. The van der Waals surface area contributed by atoms with Crippen molar-refractivity contribution < 1.29 is 15.0 Å². The zero-order valence-electron chi connectivity index (χ0n) is 11.0. The first-order valence-corrected chi connectivity index (χ1v) is 6.36. The summed E-state index contributed by atoms with van der Waals surface area (Å²) in [6, 6.07) is 16.2. The van der Waals surface area contributed by atoms with E-state index in [1.807, 2.05) is 30.3 Å². The average molecular weight is 268 g/mol. The molecule has 0 fully saturated rings. The fraction of sp³-hybridized carbons (Fsp3) is 0.118. The predicted molar refractivity (Wildman–Crippen MR) is 78.2 cm³/mol. The van der Waals surface area contributed by atoms with Gasteiger partial charge >= 0.3 is 0 Å². The molecule has 0 bridgehead atoms. The lowest BCUT2D eigenvalue weighted by Gasteiger charge is -2.08. The molecule has 0 atom stereocenters. The van der Waals surface area contributed by atoms with E-state index < -0.39 is 0 Å². The molecule has 0 amide bonds. The van der Waals surface area contributed by atoms with E-state index in [9.17, 15) is 15.0 Å². The highest BCUT2D eigenvalue weighted by Gasteiger charge is 2.14. The zero-order chi connectivity index (χ0) is 14.4. The molecule has 20 heavy (non-hydrogen) atoms. The summed E-state index contributed by atoms with van der Waals surface area (Å²) in [5.74, 6) is -0.263. The Hall–Kier alpha value is -2.23. The van der Waals surface area contributed by atoms with Gasteiger partial charge in [-0.2, -0.15) is 0 Å². The van der Waals surface area contributed by atoms with Gasteiger partial charge in [-0.05, 0) is 17.2 Å². The number of Topliss-reactive ketones (excluding diaryl/α,β-unsaturated/α-hetero) is 1. The highest BCUT2D eigenvalue weighted by molar-refractivity contribution is 6.12. The van der Waals surface area contributed by atoms with Gasteiger partial charge in [-0.1, -0.05) is 54.6 Å². The van der Waals surface area contributed by atoms with Crippen LogP contribution in [0.15, 0.2) is 60.2 Å². The van der Waals surface area contributed by atoms with Gasteiger partial charge in [0, 0.05) is 11.1 Å². The van der Waals surface area contributed by atoms with Gasteiger partial charge < -0.3 is 10.2 Å². The maximum absolute atomic E-state index is 12.4. The standard InChI is InChI=1S/C17H16O3/c18-11-14-8-4-5-9-16(14)17(20)15(12-19)10-13-6-2-1-3-7-13/h1-10,18-19H,11-12H2. The first-order valence-electron chi connectivity index (χ1n) is 6.36. The van der Waals surface area contributed by atoms with E-state index in [1.54, 1.807) is 30.3 Å². The molecule has 2 N–H and O–H groups in total. The van der Waals surface area contributed by atoms with Gasteiger partial charge in [0.2, 0.25) is 0 Å². The third-order valence-electron chi connectivity index (χ3n) is 3.03. The second kappa shape index (κ2) is 6.80. The summed E-state index contributed by atoms with van der Waals surface area (Å²) < 4.78 is 0. The topological polar surface area (TPSA) is 57.5 Å². The van der Waals surface area contributed by atoms with Crippen LogP contribution in [0.25, 0.3) is 6.08 Å². The summed E-state index contributed by atoms with van der Waals surface area (Å²) in [6.45, 7) is -0.542. The van der Waals surface area contributed by atoms with Gasteiger partial charge in [0.1, 0.15) is 0 Å². The number of carbonyl (C=O) groups is 1. The fourth-order valence-electron chi connectivity index (χ4n) is 1.99. The number of benzene rings is 2. The molecule has 3 heteroatoms. The van der Waals surface area contributed by atoms with Crippen molar-refractivity contribution in [1.82, 2.24) is 0 Å². The molecule has 0 spiro atoms. The van der Waals surface area contributed by atoms with Crippen LogP contribution in [0, 0.1) is 0 Å². The highest BCUT2D eigenvalue weighted by atomic mass is 16.3. The van der Waals surface area contributed by atoms with E-state index in [0.717, 1.165) is 5.56 Å². The lowest BCUT2D eigenvalue weighted by Crippen LogP contribution is -2.10. The quantitative estimate of drug-likeness (QED) is 0.647. The summed E-state index contributed by atoms with van der Waals surface area (Å²) in [4.78, 5) is 12.4. The molecule has 0 saturated heterocycles. The Morgan fingerprint density at radius 2 is 1.60 bits per heavy atom. The van der Waals surface area contributed by atoms with Crippen LogP contribution in [0.1, 0.15) is 21.5 Å². The summed E-state index contributed by atoms with van der Waals surface area (Å²) >= 11 is 0. The third kappa shape index (κ3) is 3.20. The molecule has 0 unspecified atom stereocenters. The van der Waals surface area contributed by atoms with E-state index in [-0.39, 0.29) is 19.0 Å². The van der Waals surface area contributed by atoms with Gasteiger partial charge in [0.05, 0.1) is 13.2 Å². The third-order valence-corrected chi connectivity index (χ3v) is 3.03. The molecular formula is C17H16O3. The van der Waals surface area contributed by atoms with Crippen LogP contribution in [-0.4, -0.2) is 22.6 Å². The summed E-state index contributed by atoms with van der Waals surface area (Å²) in [5, 5.41) is 18.7. The van der Waals surface area contributed by atoms with Crippen molar-refractivity contribution in [1.29, 1.82) is 0 Å². The number of carbonyl (C=O) groups excluding carboxylic acids is 1. The normalized spacial score (nSPS) is 11.4. The van der Waals surface area contributed by atoms with E-state index >= 15 is 0 Å². The molecule has 2 aromatic carbocycles. The van der Waals surface area contributed by atoms with Gasteiger partial charge in [0.25, 0.3) is 0 Å². The molecule has 0 aromatic heterocycles. The molecule has 2 aromatic rings. The second-order valence-electron chi connectivity index (χ2n) is 4.38. The van der Waals surface area contributed by atoms with E-state index in [2.05, 4.69) is 0 Å². The molecule has 3 nitrogen and oxygen atoms in total. The Balaban J connectivity index is 2.37. The Morgan fingerprint density at radius 1 is 0.950 bits per heavy atom. The van der Waals surface area contributed by atoms with Crippen molar-refractivity contribution >= 4 is 11.9 Å². The van der Waals surface area contributed by atoms with E-state index in [0.29, 0.717) is 16.7 Å². The first-order chi connectivity index (χ1) is 9.76. The number of hydrogen-bond acceptors (Lipinski definition) is 3. The molecule has 0 saturated carbocycles. The molecule has 0 aliphatic carbocycles. The highest BCUT2D eigenvalue weighted by Crippen LogP contribution is 2.16. The number of rotatable bonds is 5. The molecule has 0 aliphatic rings. The van der Waals surface area contributed by atoms with Gasteiger partial charge in [-0.3, -0.25) is 4.79 Å². The van der Waals surface area contributed by atoms with Gasteiger partial charge in [-0.25, -0.2) is 0 Å². The molecule has 102 valence electrons.